The molecule has 2 heteroatoms. The zero-order chi connectivity index (χ0) is 11.1. The first-order chi connectivity index (χ1) is 7.29. The predicted molar refractivity (Wildman–Crippen MR) is 63.7 cm³/mol. The first-order valence-corrected chi connectivity index (χ1v) is 6.03. The number of likely N-dealkylation sites (N-methyl/N-ethyl adjacent to an activating group) is 1. The number of hydrogen-bond acceptors (Lipinski definition) is 2. The Kier molecular flexibility index (Phi) is 5.14. The third-order valence-corrected chi connectivity index (χ3v) is 3.44. The van der Waals surface area contributed by atoms with Crippen molar-refractivity contribution in [2.75, 3.05) is 13.7 Å². The molecule has 0 amide bonds. The normalized spacial score (nSPS) is 21.1. The molecule has 1 fully saturated rings. The second-order valence-electron chi connectivity index (χ2n) is 4.29. The third-order valence-electron chi connectivity index (χ3n) is 3.44. The summed E-state index contributed by atoms with van der Waals surface area (Å²) in [4.78, 5) is 0. The van der Waals surface area contributed by atoms with Gasteiger partial charge in [-0.25, -0.2) is 0 Å². The van der Waals surface area contributed by atoms with Gasteiger partial charge in [0, 0.05) is 19.1 Å². The summed E-state index contributed by atoms with van der Waals surface area (Å²) in [5, 5.41) is 3.38. The van der Waals surface area contributed by atoms with Crippen LogP contribution in [0.4, 0.5) is 0 Å². The zero-order valence-electron chi connectivity index (χ0n) is 10.0. The van der Waals surface area contributed by atoms with Crippen LogP contribution < -0.4 is 5.32 Å². The fraction of sp³-hybridized carbons (Fsp3) is 0.846. The van der Waals surface area contributed by atoms with Gasteiger partial charge in [-0.15, -0.1) is 12.3 Å². The molecule has 0 aromatic rings. The van der Waals surface area contributed by atoms with Gasteiger partial charge in [-0.1, -0.05) is 12.8 Å². The summed E-state index contributed by atoms with van der Waals surface area (Å²) in [6, 6.07) is 0.413. The van der Waals surface area contributed by atoms with Crippen LogP contribution in [0.15, 0.2) is 0 Å². The molecule has 0 radical (unpaired) electrons. The van der Waals surface area contributed by atoms with Crippen LogP contribution >= 0.6 is 0 Å². The second kappa shape index (κ2) is 6.15. The van der Waals surface area contributed by atoms with E-state index in [-0.39, 0.29) is 5.60 Å². The monoisotopic (exact) mass is 209 g/mol. The highest BCUT2D eigenvalue weighted by Gasteiger charge is 2.40. The van der Waals surface area contributed by atoms with Crippen LogP contribution in [0.1, 0.15) is 45.4 Å². The van der Waals surface area contributed by atoms with E-state index < -0.39 is 0 Å². The van der Waals surface area contributed by atoms with Crippen LogP contribution in [0.25, 0.3) is 0 Å². The van der Waals surface area contributed by atoms with E-state index in [2.05, 4.69) is 18.2 Å². The molecule has 0 aromatic heterocycles. The molecule has 15 heavy (non-hydrogen) atoms. The van der Waals surface area contributed by atoms with Gasteiger partial charge in [-0.2, -0.15) is 0 Å². The molecule has 0 heterocycles. The third kappa shape index (κ3) is 2.96. The van der Waals surface area contributed by atoms with Crippen LogP contribution in [-0.4, -0.2) is 25.3 Å². The molecule has 0 spiro atoms. The highest BCUT2D eigenvalue weighted by atomic mass is 16.5. The van der Waals surface area contributed by atoms with Gasteiger partial charge < -0.3 is 10.1 Å². The Hall–Kier alpha value is -0.520. The molecule has 0 aliphatic heterocycles. The maximum absolute atomic E-state index is 6.01. The van der Waals surface area contributed by atoms with Crippen molar-refractivity contribution in [3.8, 4) is 12.3 Å². The van der Waals surface area contributed by atoms with E-state index in [0.717, 1.165) is 19.4 Å². The molecule has 0 aromatic carbocycles. The summed E-state index contributed by atoms with van der Waals surface area (Å²) in [7, 11) is 2.01. The molecular formula is C13H23NO. The Bertz CT molecular complexity index is 213. The quantitative estimate of drug-likeness (QED) is 0.678. The number of hydrogen-bond donors (Lipinski definition) is 1. The van der Waals surface area contributed by atoms with Crippen molar-refractivity contribution >= 4 is 0 Å². The molecule has 86 valence electrons. The van der Waals surface area contributed by atoms with Crippen LogP contribution in [0.5, 0.6) is 0 Å². The topological polar surface area (TPSA) is 21.3 Å². The van der Waals surface area contributed by atoms with Crippen molar-refractivity contribution in [1.29, 1.82) is 0 Å². The second-order valence-corrected chi connectivity index (χ2v) is 4.29. The number of rotatable bonds is 6. The number of ether oxygens (including phenoxy) is 1. The van der Waals surface area contributed by atoms with E-state index >= 15 is 0 Å². The highest BCUT2D eigenvalue weighted by molar-refractivity contribution is 4.98. The van der Waals surface area contributed by atoms with Crippen LogP contribution in [-0.2, 0) is 4.74 Å². The maximum Gasteiger partial charge on any atom is 0.0834 e. The summed E-state index contributed by atoms with van der Waals surface area (Å²) in [6.45, 7) is 2.88. The first kappa shape index (κ1) is 12.5. The van der Waals surface area contributed by atoms with Crippen LogP contribution in [0.2, 0.25) is 0 Å². The lowest BCUT2D eigenvalue weighted by Gasteiger charge is -2.37. The molecule has 0 saturated heterocycles. The van der Waals surface area contributed by atoms with E-state index in [4.69, 9.17) is 11.2 Å². The van der Waals surface area contributed by atoms with Crippen molar-refractivity contribution in [3.63, 3.8) is 0 Å². The standard InChI is InChI=1S/C13H23NO/c1-4-6-9-12(14-3)13(15-5-2)10-7-8-11-13/h1,12,14H,5-11H2,2-3H3. The van der Waals surface area contributed by atoms with Crippen LogP contribution in [0.3, 0.4) is 0 Å². The van der Waals surface area contributed by atoms with Crippen molar-refractivity contribution in [3.05, 3.63) is 0 Å². The van der Waals surface area contributed by atoms with Gasteiger partial charge in [0.25, 0.3) is 0 Å². The minimum Gasteiger partial charge on any atom is -0.374 e. The molecule has 1 aliphatic carbocycles. The average Bonchev–Trinajstić information content (AvgIpc) is 2.69. The summed E-state index contributed by atoms with van der Waals surface area (Å²) >= 11 is 0. The molecule has 0 bridgehead atoms. The lowest BCUT2D eigenvalue weighted by Crippen LogP contribution is -2.49. The molecule has 1 atom stereocenters. The Morgan fingerprint density at radius 1 is 1.47 bits per heavy atom. The van der Waals surface area contributed by atoms with Gasteiger partial charge in [-0.05, 0) is 33.2 Å². The molecule has 1 unspecified atom stereocenters. The molecule has 1 N–H and O–H groups in total. The average molecular weight is 209 g/mol. The summed E-state index contributed by atoms with van der Waals surface area (Å²) in [5.74, 6) is 2.72. The molecule has 1 saturated carbocycles. The van der Waals surface area contributed by atoms with E-state index in [1.807, 2.05) is 7.05 Å². The number of terminal acetylenes is 1. The van der Waals surface area contributed by atoms with Gasteiger partial charge >= 0.3 is 0 Å². The fourth-order valence-electron chi connectivity index (χ4n) is 2.75. The van der Waals surface area contributed by atoms with Crippen molar-refractivity contribution in [2.24, 2.45) is 0 Å². The van der Waals surface area contributed by atoms with Crippen molar-refractivity contribution in [2.45, 2.75) is 57.1 Å². The van der Waals surface area contributed by atoms with E-state index in [9.17, 15) is 0 Å². The van der Waals surface area contributed by atoms with Crippen molar-refractivity contribution in [1.82, 2.24) is 5.32 Å². The van der Waals surface area contributed by atoms with Crippen molar-refractivity contribution < 1.29 is 4.74 Å². The smallest absolute Gasteiger partial charge is 0.0834 e. The minimum absolute atomic E-state index is 0.0559. The highest BCUT2D eigenvalue weighted by Crippen LogP contribution is 2.37. The van der Waals surface area contributed by atoms with Gasteiger partial charge in [0.1, 0.15) is 0 Å². The van der Waals surface area contributed by atoms with E-state index in [1.54, 1.807) is 0 Å². The molecule has 2 nitrogen and oxygen atoms in total. The maximum atomic E-state index is 6.01. The van der Waals surface area contributed by atoms with Gasteiger partial charge in [0.15, 0.2) is 0 Å². The van der Waals surface area contributed by atoms with Crippen LogP contribution in [0, 0.1) is 12.3 Å². The summed E-state index contributed by atoms with van der Waals surface area (Å²) in [6.07, 6.45) is 12.1. The predicted octanol–water partition coefficient (Wildman–Crippen LogP) is 2.34. The Morgan fingerprint density at radius 3 is 2.60 bits per heavy atom. The summed E-state index contributed by atoms with van der Waals surface area (Å²) in [5.41, 5.74) is 0.0559. The zero-order valence-corrected chi connectivity index (χ0v) is 10.0. The van der Waals surface area contributed by atoms with Gasteiger partial charge in [-0.3, -0.25) is 0 Å². The molecular weight excluding hydrogens is 186 g/mol. The Balaban J connectivity index is 2.63. The largest absolute Gasteiger partial charge is 0.374 e. The summed E-state index contributed by atoms with van der Waals surface area (Å²) < 4.78 is 6.01. The van der Waals surface area contributed by atoms with E-state index in [1.165, 1.54) is 25.7 Å². The van der Waals surface area contributed by atoms with E-state index in [0.29, 0.717) is 6.04 Å². The SMILES string of the molecule is C#CCCC(NC)C1(OCC)CCCC1. The fourth-order valence-corrected chi connectivity index (χ4v) is 2.75. The first-order valence-electron chi connectivity index (χ1n) is 6.03. The molecule has 1 aliphatic rings. The minimum atomic E-state index is 0.0559. The lowest BCUT2D eigenvalue weighted by atomic mass is 9.88. The Labute approximate surface area is 93.8 Å². The van der Waals surface area contributed by atoms with Gasteiger partial charge in [0.05, 0.1) is 5.60 Å². The van der Waals surface area contributed by atoms with Gasteiger partial charge in [0.2, 0.25) is 0 Å². The lowest BCUT2D eigenvalue weighted by molar-refractivity contribution is -0.0612. The Morgan fingerprint density at radius 2 is 2.13 bits per heavy atom. The number of nitrogens with one attached hydrogen (secondary N) is 1. The molecule has 1 rings (SSSR count).